The normalized spacial score (nSPS) is 10.7. The van der Waals surface area contributed by atoms with Crippen LogP contribution >= 0.6 is 46.3 Å². The standard InChI is InChI=1S/C22H15Cl2N3OS2/c23-18-11-6-14(12-19(18)24)13-29-22-27-26-21(30-22)25-20(28)17-9-7-16(8-10-17)15-4-2-1-3-5-15/h1-12H,13H2,(H,25,26,28). The molecular formula is C22H15Cl2N3OS2. The zero-order chi connectivity index (χ0) is 20.9. The number of hydrogen-bond donors (Lipinski definition) is 1. The first-order valence-corrected chi connectivity index (χ1v) is 11.5. The average molecular weight is 472 g/mol. The number of hydrogen-bond acceptors (Lipinski definition) is 5. The second-order valence-corrected chi connectivity index (χ2v) is 9.32. The van der Waals surface area contributed by atoms with Gasteiger partial charge in [-0.15, -0.1) is 10.2 Å². The van der Waals surface area contributed by atoms with Gasteiger partial charge < -0.3 is 0 Å². The Hall–Kier alpha value is -2.38. The van der Waals surface area contributed by atoms with E-state index in [1.165, 1.54) is 23.1 Å². The molecule has 0 aliphatic heterocycles. The van der Waals surface area contributed by atoms with Gasteiger partial charge in [0, 0.05) is 11.3 Å². The van der Waals surface area contributed by atoms with Gasteiger partial charge in [0.1, 0.15) is 0 Å². The molecule has 3 aromatic carbocycles. The van der Waals surface area contributed by atoms with E-state index in [4.69, 9.17) is 23.2 Å². The fourth-order valence-corrected chi connectivity index (χ4v) is 4.72. The molecule has 30 heavy (non-hydrogen) atoms. The maximum Gasteiger partial charge on any atom is 0.257 e. The smallest absolute Gasteiger partial charge is 0.257 e. The third kappa shape index (κ3) is 5.21. The molecule has 1 heterocycles. The van der Waals surface area contributed by atoms with Gasteiger partial charge >= 0.3 is 0 Å². The van der Waals surface area contributed by atoms with Crippen LogP contribution in [0.2, 0.25) is 10.0 Å². The van der Waals surface area contributed by atoms with Crippen LogP contribution in [0.3, 0.4) is 0 Å². The Bertz CT molecular complexity index is 1160. The Morgan fingerprint density at radius 3 is 2.37 bits per heavy atom. The minimum Gasteiger partial charge on any atom is -0.296 e. The summed E-state index contributed by atoms with van der Waals surface area (Å²) in [6.45, 7) is 0. The van der Waals surface area contributed by atoms with Gasteiger partial charge in [0.2, 0.25) is 5.13 Å². The third-order valence-electron chi connectivity index (χ3n) is 4.23. The number of anilines is 1. The zero-order valence-electron chi connectivity index (χ0n) is 15.5. The highest BCUT2D eigenvalue weighted by atomic mass is 35.5. The molecule has 0 aliphatic rings. The van der Waals surface area contributed by atoms with Gasteiger partial charge in [-0.3, -0.25) is 10.1 Å². The SMILES string of the molecule is O=C(Nc1nnc(SCc2ccc(Cl)c(Cl)c2)s1)c1ccc(-c2ccccc2)cc1. The van der Waals surface area contributed by atoms with Crippen LogP contribution in [0.25, 0.3) is 11.1 Å². The maximum absolute atomic E-state index is 12.5. The molecule has 0 saturated carbocycles. The third-order valence-corrected chi connectivity index (χ3v) is 7.01. The van der Waals surface area contributed by atoms with Crippen molar-refractivity contribution in [3.8, 4) is 11.1 Å². The quantitative estimate of drug-likeness (QED) is 0.241. The molecule has 0 unspecified atom stereocenters. The Morgan fingerprint density at radius 2 is 1.63 bits per heavy atom. The lowest BCUT2D eigenvalue weighted by molar-refractivity contribution is 0.102. The van der Waals surface area contributed by atoms with Crippen molar-refractivity contribution in [2.24, 2.45) is 0 Å². The molecule has 0 saturated heterocycles. The fraction of sp³-hybridized carbons (Fsp3) is 0.0455. The molecule has 0 spiro atoms. The van der Waals surface area contributed by atoms with Crippen molar-refractivity contribution >= 4 is 57.3 Å². The first kappa shape index (κ1) is 20.9. The number of aromatic nitrogens is 2. The minimum atomic E-state index is -0.216. The largest absolute Gasteiger partial charge is 0.296 e. The van der Waals surface area contributed by atoms with Gasteiger partial charge in [0.25, 0.3) is 5.91 Å². The van der Waals surface area contributed by atoms with Gasteiger partial charge in [-0.05, 0) is 41.0 Å². The monoisotopic (exact) mass is 471 g/mol. The van der Waals surface area contributed by atoms with E-state index in [0.29, 0.717) is 26.5 Å². The van der Waals surface area contributed by atoms with Crippen molar-refractivity contribution in [2.45, 2.75) is 10.1 Å². The molecule has 0 fully saturated rings. The fourth-order valence-electron chi connectivity index (χ4n) is 2.71. The summed E-state index contributed by atoms with van der Waals surface area (Å²) in [6.07, 6.45) is 0. The van der Waals surface area contributed by atoms with Gasteiger partial charge in [-0.2, -0.15) is 0 Å². The van der Waals surface area contributed by atoms with E-state index in [-0.39, 0.29) is 5.91 Å². The Labute approximate surface area is 192 Å². The number of carbonyl (C=O) groups is 1. The molecule has 0 atom stereocenters. The van der Waals surface area contributed by atoms with Crippen molar-refractivity contribution in [3.63, 3.8) is 0 Å². The predicted molar refractivity (Wildman–Crippen MR) is 126 cm³/mol. The van der Waals surface area contributed by atoms with Crippen LogP contribution in [0.4, 0.5) is 5.13 Å². The van der Waals surface area contributed by atoms with E-state index >= 15 is 0 Å². The molecule has 0 aliphatic carbocycles. The van der Waals surface area contributed by atoms with E-state index < -0.39 is 0 Å². The van der Waals surface area contributed by atoms with E-state index in [2.05, 4.69) is 15.5 Å². The predicted octanol–water partition coefficient (Wildman–Crippen LogP) is 7.06. The minimum absolute atomic E-state index is 0.216. The van der Waals surface area contributed by atoms with E-state index in [0.717, 1.165) is 21.0 Å². The van der Waals surface area contributed by atoms with Crippen LogP contribution in [0.5, 0.6) is 0 Å². The van der Waals surface area contributed by atoms with Crippen LogP contribution < -0.4 is 5.32 Å². The number of nitrogens with zero attached hydrogens (tertiary/aromatic N) is 2. The van der Waals surface area contributed by atoms with Gasteiger partial charge in [-0.1, -0.05) is 94.8 Å². The molecule has 0 bridgehead atoms. The molecule has 1 aromatic heterocycles. The highest BCUT2D eigenvalue weighted by Crippen LogP contribution is 2.31. The maximum atomic E-state index is 12.5. The molecule has 4 rings (SSSR count). The summed E-state index contributed by atoms with van der Waals surface area (Å²) in [5.74, 6) is 0.465. The van der Waals surface area contributed by atoms with Crippen LogP contribution in [0, 0.1) is 0 Å². The molecule has 4 aromatic rings. The van der Waals surface area contributed by atoms with Crippen molar-refractivity contribution in [1.82, 2.24) is 10.2 Å². The number of nitrogens with one attached hydrogen (secondary N) is 1. The summed E-state index contributed by atoms with van der Waals surface area (Å²) in [5.41, 5.74) is 3.77. The number of amides is 1. The zero-order valence-corrected chi connectivity index (χ0v) is 18.7. The first-order chi connectivity index (χ1) is 14.6. The topological polar surface area (TPSA) is 54.9 Å². The van der Waals surface area contributed by atoms with Crippen LogP contribution in [0.1, 0.15) is 15.9 Å². The number of carbonyl (C=O) groups excluding carboxylic acids is 1. The summed E-state index contributed by atoms with van der Waals surface area (Å²) >= 11 is 14.8. The molecule has 4 nitrogen and oxygen atoms in total. The van der Waals surface area contributed by atoms with Gasteiger partial charge in [0.15, 0.2) is 4.34 Å². The van der Waals surface area contributed by atoms with Crippen molar-refractivity contribution < 1.29 is 4.79 Å². The summed E-state index contributed by atoms with van der Waals surface area (Å²) < 4.78 is 0.760. The highest BCUT2D eigenvalue weighted by Gasteiger charge is 2.11. The Balaban J connectivity index is 1.36. The second kappa shape index (κ2) is 9.62. The average Bonchev–Trinajstić information content (AvgIpc) is 3.22. The van der Waals surface area contributed by atoms with E-state index in [9.17, 15) is 4.79 Å². The summed E-state index contributed by atoms with van der Waals surface area (Å²) in [7, 11) is 0. The number of thioether (sulfide) groups is 1. The second-order valence-electron chi connectivity index (χ2n) is 6.31. The molecule has 150 valence electrons. The van der Waals surface area contributed by atoms with Gasteiger partial charge in [0.05, 0.1) is 10.0 Å². The lowest BCUT2D eigenvalue weighted by Gasteiger charge is -2.04. The number of halogens is 2. The van der Waals surface area contributed by atoms with Crippen LogP contribution in [-0.4, -0.2) is 16.1 Å². The summed E-state index contributed by atoms with van der Waals surface area (Å²) in [5, 5.41) is 12.5. The van der Waals surface area contributed by atoms with E-state index in [1.54, 1.807) is 18.2 Å². The first-order valence-electron chi connectivity index (χ1n) is 8.95. The lowest BCUT2D eigenvalue weighted by atomic mass is 10.0. The van der Waals surface area contributed by atoms with Crippen LogP contribution in [-0.2, 0) is 5.75 Å². The Morgan fingerprint density at radius 1 is 0.900 bits per heavy atom. The molecular weight excluding hydrogens is 457 g/mol. The highest BCUT2D eigenvalue weighted by molar-refractivity contribution is 8.00. The van der Waals surface area contributed by atoms with E-state index in [1.807, 2.05) is 54.6 Å². The number of rotatable bonds is 6. The van der Waals surface area contributed by atoms with Crippen molar-refractivity contribution in [1.29, 1.82) is 0 Å². The molecule has 1 amide bonds. The molecule has 0 radical (unpaired) electrons. The number of benzene rings is 3. The lowest BCUT2D eigenvalue weighted by Crippen LogP contribution is -2.11. The van der Waals surface area contributed by atoms with Crippen molar-refractivity contribution in [2.75, 3.05) is 5.32 Å². The summed E-state index contributed by atoms with van der Waals surface area (Å²) in [4.78, 5) is 12.5. The van der Waals surface area contributed by atoms with Crippen LogP contribution in [0.15, 0.2) is 77.1 Å². The summed E-state index contributed by atoms with van der Waals surface area (Å²) in [6, 6.07) is 23.0. The van der Waals surface area contributed by atoms with Gasteiger partial charge in [-0.25, -0.2) is 0 Å². The molecule has 8 heteroatoms. The Kier molecular flexibility index (Phi) is 6.69. The van der Waals surface area contributed by atoms with Crippen molar-refractivity contribution in [3.05, 3.63) is 94.0 Å². The molecule has 1 N–H and O–H groups in total.